The Balaban J connectivity index is 1.37. The number of ketones is 1. The van der Waals surface area contributed by atoms with E-state index in [2.05, 4.69) is 0 Å². The minimum Gasteiger partial charge on any atom is -0.486 e. The van der Waals surface area contributed by atoms with Crippen LogP contribution in [0.4, 0.5) is 0 Å². The van der Waals surface area contributed by atoms with E-state index in [0.717, 1.165) is 21.9 Å². The highest BCUT2D eigenvalue weighted by Crippen LogP contribution is 2.42. The van der Waals surface area contributed by atoms with Crippen molar-refractivity contribution in [1.29, 1.82) is 0 Å². The van der Waals surface area contributed by atoms with Crippen LogP contribution < -0.4 is 4.74 Å². The number of nitrogens with zero attached hydrogens (tertiary/aromatic N) is 1. The summed E-state index contributed by atoms with van der Waals surface area (Å²) < 4.78 is 6.40. The number of likely N-dealkylation sites (tertiary alicyclic amines) is 1. The molecule has 0 radical (unpaired) electrons. The third kappa shape index (κ3) is 3.16. The number of carbonyl (C=O) groups is 2. The second-order valence-corrected chi connectivity index (χ2v) is 8.74. The third-order valence-corrected chi connectivity index (χ3v) is 6.54. The molecule has 30 heavy (non-hydrogen) atoms. The predicted octanol–water partition coefficient (Wildman–Crippen LogP) is 5.44. The van der Waals surface area contributed by atoms with E-state index in [-0.39, 0.29) is 11.7 Å². The molecule has 0 aromatic heterocycles. The maximum atomic E-state index is 13.2. The number of rotatable bonds is 1. The molecule has 5 heteroatoms. The molecule has 2 aliphatic heterocycles. The number of fused-ring (bicyclic) bond motifs is 2. The molecule has 1 fully saturated rings. The summed E-state index contributed by atoms with van der Waals surface area (Å²) in [5.74, 6) is 0.743. The normalized spacial score (nSPS) is 17.7. The van der Waals surface area contributed by atoms with Crippen molar-refractivity contribution in [3.8, 4) is 5.75 Å². The Bertz CT molecular complexity index is 1170. The van der Waals surface area contributed by atoms with Gasteiger partial charge in [-0.05, 0) is 41.5 Å². The molecular formula is C25H22ClNO3. The van der Waals surface area contributed by atoms with Gasteiger partial charge in [-0.25, -0.2) is 0 Å². The predicted molar refractivity (Wildman–Crippen MR) is 118 cm³/mol. The van der Waals surface area contributed by atoms with Gasteiger partial charge in [-0.15, -0.1) is 0 Å². The van der Waals surface area contributed by atoms with Gasteiger partial charge in [0.15, 0.2) is 5.78 Å². The van der Waals surface area contributed by atoms with Crippen LogP contribution in [-0.4, -0.2) is 35.3 Å². The van der Waals surface area contributed by atoms with Crippen molar-refractivity contribution in [3.63, 3.8) is 0 Å². The molecule has 1 amide bonds. The first-order valence-electron chi connectivity index (χ1n) is 10.3. The minimum absolute atomic E-state index is 0.0344. The maximum absolute atomic E-state index is 13.2. The van der Waals surface area contributed by atoms with Crippen LogP contribution in [0.5, 0.6) is 5.75 Å². The lowest BCUT2D eigenvalue weighted by Gasteiger charge is -2.44. The summed E-state index contributed by atoms with van der Waals surface area (Å²) in [6, 6.07) is 17.3. The number of amides is 1. The van der Waals surface area contributed by atoms with Crippen molar-refractivity contribution in [2.75, 3.05) is 13.1 Å². The van der Waals surface area contributed by atoms with Gasteiger partial charge >= 0.3 is 0 Å². The summed E-state index contributed by atoms with van der Waals surface area (Å²) in [5, 5.41) is 2.58. The van der Waals surface area contributed by atoms with Crippen LogP contribution in [0, 0.1) is 6.92 Å². The Morgan fingerprint density at radius 3 is 2.60 bits per heavy atom. The standard InChI is InChI=1S/C25H22ClNO3/c1-16-13-18(26)14-21-22(28)15-25(30-23(16)21)9-11-27(12-10-25)24(29)20-8-4-6-17-5-2-3-7-19(17)20/h2-8,13-14H,9-12,15H2,1H3. The smallest absolute Gasteiger partial charge is 0.254 e. The van der Waals surface area contributed by atoms with Crippen molar-refractivity contribution in [3.05, 3.63) is 76.3 Å². The molecular weight excluding hydrogens is 398 g/mol. The molecule has 1 spiro atoms. The van der Waals surface area contributed by atoms with Crippen LogP contribution in [0.15, 0.2) is 54.6 Å². The first kappa shape index (κ1) is 19.1. The fraction of sp³-hybridized carbons (Fsp3) is 0.280. The largest absolute Gasteiger partial charge is 0.486 e. The Morgan fingerprint density at radius 2 is 1.80 bits per heavy atom. The molecule has 0 N–H and O–H groups in total. The van der Waals surface area contributed by atoms with E-state index in [0.29, 0.717) is 48.7 Å². The molecule has 2 heterocycles. The van der Waals surface area contributed by atoms with Crippen LogP contribution in [-0.2, 0) is 0 Å². The van der Waals surface area contributed by atoms with E-state index >= 15 is 0 Å². The first-order valence-corrected chi connectivity index (χ1v) is 10.6. The Kier molecular flexibility index (Phi) is 4.55. The minimum atomic E-state index is -0.543. The van der Waals surface area contributed by atoms with Gasteiger partial charge in [-0.1, -0.05) is 48.0 Å². The average molecular weight is 420 g/mol. The lowest BCUT2D eigenvalue weighted by Crippen LogP contribution is -2.52. The molecule has 4 nitrogen and oxygen atoms in total. The van der Waals surface area contributed by atoms with E-state index < -0.39 is 5.60 Å². The van der Waals surface area contributed by atoms with Gasteiger partial charge in [-0.2, -0.15) is 0 Å². The van der Waals surface area contributed by atoms with Crippen LogP contribution in [0.2, 0.25) is 5.02 Å². The Hall–Kier alpha value is -2.85. The topological polar surface area (TPSA) is 46.6 Å². The Morgan fingerprint density at radius 1 is 1.07 bits per heavy atom. The van der Waals surface area contributed by atoms with Crippen molar-refractivity contribution >= 4 is 34.1 Å². The van der Waals surface area contributed by atoms with Crippen molar-refractivity contribution in [2.24, 2.45) is 0 Å². The number of Topliss-reactive ketones (excluding diaryl/α,β-unsaturated/α-hetero) is 1. The number of hydrogen-bond acceptors (Lipinski definition) is 3. The second kappa shape index (κ2) is 7.13. The molecule has 2 aliphatic rings. The molecule has 0 unspecified atom stereocenters. The number of halogens is 1. The number of aryl methyl sites for hydroxylation is 1. The first-order chi connectivity index (χ1) is 14.5. The van der Waals surface area contributed by atoms with Gasteiger partial charge in [0.05, 0.1) is 12.0 Å². The molecule has 0 aliphatic carbocycles. The number of piperidine rings is 1. The number of carbonyl (C=O) groups excluding carboxylic acids is 2. The number of ether oxygens (including phenoxy) is 1. The van der Waals surface area contributed by atoms with Crippen molar-refractivity contribution < 1.29 is 14.3 Å². The second-order valence-electron chi connectivity index (χ2n) is 8.30. The van der Waals surface area contributed by atoms with Crippen LogP contribution >= 0.6 is 11.6 Å². The van der Waals surface area contributed by atoms with E-state index in [1.54, 1.807) is 6.07 Å². The molecule has 152 valence electrons. The SMILES string of the molecule is Cc1cc(Cl)cc2c1OC1(CCN(C(=O)c3cccc4ccccc34)CC1)CC2=O. The monoisotopic (exact) mass is 419 g/mol. The molecule has 0 saturated carbocycles. The molecule has 3 aromatic carbocycles. The summed E-state index contributed by atoms with van der Waals surface area (Å²) in [6.07, 6.45) is 1.60. The highest BCUT2D eigenvalue weighted by atomic mass is 35.5. The molecule has 5 rings (SSSR count). The van der Waals surface area contributed by atoms with Crippen LogP contribution in [0.3, 0.4) is 0 Å². The number of benzene rings is 3. The third-order valence-electron chi connectivity index (χ3n) is 6.32. The summed E-state index contributed by atoms with van der Waals surface area (Å²) in [6.45, 7) is 3.05. The van der Waals surface area contributed by atoms with E-state index in [1.165, 1.54) is 0 Å². The van der Waals surface area contributed by atoms with Gasteiger partial charge in [0, 0.05) is 36.5 Å². The highest BCUT2D eigenvalue weighted by molar-refractivity contribution is 6.31. The fourth-order valence-electron chi connectivity index (χ4n) is 4.69. The summed E-state index contributed by atoms with van der Waals surface area (Å²) >= 11 is 6.13. The molecule has 0 bridgehead atoms. The lowest BCUT2D eigenvalue weighted by atomic mass is 9.82. The van der Waals surface area contributed by atoms with Crippen LogP contribution in [0.25, 0.3) is 10.8 Å². The van der Waals surface area contributed by atoms with Gasteiger partial charge in [0.25, 0.3) is 5.91 Å². The van der Waals surface area contributed by atoms with E-state index in [4.69, 9.17) is 16.3 Å². The number of hydrogen-bond donors (Lipinski definition) is 0. The van der Waals surface area contributed by atoms with Gasteiger partial charge < -0.3 is 9.64 Å². The fourth-order valence-corrected chi connectivity index (χ4v) is 4.96. The zero-order valence-corrected chi connectivity index (χ0v) is 17.5. The molecule has 3 aromatic rings. The van der Waals surface area contributed by atoms with E-state index in [1.807, 2.05) is 60.4 Å². The quantitative estimate of drug-likeness (QED) is 0.527. The summed E-state index contributed by atoms with van der Waals surface area (Å²) in [7, 11) is 0. The van der Waals surface area contributed by atoms with Gasteiger partial charge in [0.1, 0.15) is 11.4 Å². The van der Waals surface area contributed by atoms with Crippen molar-refractivity contribution in [2.45, 2.75) is 31.8 Å². The molecule has 0 atom stereocenters. The summed E-state index contributed by atoms with van der Waals surface area (Å²) in [4.78, 5) is 28.0. The zero-order valence-electron chi connectivity index (χ0n) is 16.8. The average Bonchev–Trinajstić information content (AvgIpc) is 2.74. The van der Waals surface area contributed by atoms with E-state index in [9.17, 15) is 9.59 Å². The Labute approximate surface area is 180 Å². The lowest BCUT2D eigenvalue weighted by molar-refractivity contribution is -0.00612. The van der Waals surface area contributed by atoms with Crippen molar-refractivity contribution in [1.82, 2.24) is 4.90 Å². The maximum Gasteiger partial charge on any atom is 0.254 e. The van der Waals surface area contributed by atoms with Crippen LogP contribution in [0.1, 0.15) is 45.5 Å². The van der Waals surface area contributed by atoms with Gasteiger partial charge in [-0.3, -0.25) is 9.59 Å². The molecule has 1 saturated heterocycles. The highest BCUT2D eigenvalue weighted by Gasteiger charge is 2.44. The summed E-state index contributed by atoms with van der Waals surface area (Å²) in [5.41, 5.74) is 1.62. The zero-order chi connectivity index (χ0) is 20.9. The van der Waals surface area contributed by atoms with Gasteiger partial charge in [0.2, 0.25) is 0 Å².